The van der Waals surface area contributed by atoms with Crippen LogP contribution in [0.25, 0.3) is 0 Å². The predicted molar refractivity (Wildman–Crippen MR) is 132 cm³/mol. The number of ether oxygens (including phenoxy) is 2. The minimum Gasteiger partial charge on any atom is -0.426 e. The van der Waals surface area contributed by atoms with Gasteiger partial charge in [0.1, 0.15) is 11.5 Å². The molecule has 4 heteroatoms. The molecule has 0 atom stereocenters. The van der Waals surface area contributed by atoms with E-state index in [1.165, 1.54) is 22.3 Å². The molecule has 174 valence electrons. The van der Waals surface area contributed by atoms with Gasteiger partial charge in [0, 0.05) is 36.3 Å². The van der Waals surface area contributed by atoms with Gasteiger partial charge in [0.15, 0.2) is 0 Å². The van der Waals surface area contributed by atoms with E-state index in [2.05, 4.69) is 55.5 Å². The first-order chi connectivity index (χ1) is 16.6. The van der Waals surface area contributed by atoms with Crippen LogP contribution in [0.2, 0.25) is 0 Å². The molecule has 0 radical (unpaired) electrons. The fraction of sp³-hybridized carbons (Fsp3) is 0.333. The van der Waals surface area contributed by atoms with Crippen molar-refractivity contribution in [1.29, 1.82) is 0 Å². The Kier molecular flexibility index (Phi) is 6.23. The molecule has 0 spiro atoms. The molecular weight excluding hydrogens is 424 g/mol. The van der Waals surface area contributed by atoms with Crippen molar-refractivity contribution in [1.82, 2.24) is 0 Å². The first-order valence-electron chi connectivity index (χ1n) is 12.4. The quantitative estimate of drug-likeness (QED) is 0.190. The van der Waals surface area contributed by atoms with E-state index in [0.717, 1.165) is 36.8 Å². The van der Waals surface area contributed by atoms with Gasteiger partial charge in [-0.25, -0.2) is 0 Å². The highest BCUT2D eigenvalue weighted by molar-refractivity contribution is 5.78. The molecule has 0 N–H and O–H groups in total. The Morgan fingerprint density at radius 3 is 1.71 bits per heavy atom. The molecule has 3 aliphatic rings. The highest BCUT2D eigenvalue weighted by Gasteiger charge is 2.43. The third-order valence-corrected chi connectivity index (χ3v) is 6.91. The highest BCUT2D eigenvalue weighted by atomic mass is 16.5. The molecule has 3 aromatic rings. The number of unbranched alkanes of at least 4 members (excludes halogenated alkanes) is 2. The molecule has 0 saturated carbocycles. The molecular formula is C30H30O4. The topological polar surface area (TPSA) is 52.6 Å². The summed E-state index contributed by atoms with van der Waals surface area (Å²) in [6, 6.07) is 20.7. The van der Waals surface area contributed by atoms with E-state index < -0.39 is 0 Å². The summed E-state index contributed by atoms with van der Waals surface area (Å²) in [5.41, 5.74) is 7.09. The van der Waals surface area contributed by atoms with Crippen molar-refractivity contribution in [2.24, 2.45) is 0 Å². The Bertz CT molecular complexity index is 1190. The van der Waals surface area contributed by atoms with Gasteiger partial charge in [0.25, 0.3) is 0 Å². The molecule has 0 saturated heterocycles. The monoisotopic (exact) mass is 454 g/mol. The summed E-state index contributed by atoms with van der Waals surface area (Å²) in [6.07, 6.45) is 4.16. The van der Waals surface area contributed by atoms with Crippen molar-refractivity contribution >= 4 is 11.9 Å². The third kappa shape index (κ3) is 3.91. The molecule has 34 heavy (non-hydrogen) atoms. The summed E-state index contributed by atoms with van der Waals surface area (Å²) in [4.78, 5) is 25.1. The van der Waals surface area contributed by atoms with Gasteiger partial charge in [-0.3, -0.25) is 9.59 Å². The highest BCUT2D eigenvalue weighted by Crippen LogP contribution is 2.58. The molecule has 3 aliphatic carbocycles. The third-order valence-electron chi connectivity index (χ3n) is 6.91. The Hall–Kier alpha value is -3.40. The van der Waals surface area contributed by atoms with Crippen molar-refractivity contribution in [3.63, 3.8) is 0 Å². The summed E-state index contributed by atoms with van der Waals surface area (Å²) in [5, 5.41) is 0. The first-order valence-corrected chi connectivity index (χ1v) is 12.4. The van der Waals surface area contributed by atoms with E-state index in [4.69, 9.17) is 9.47 Å². The van der Waals surface area contributed by atoms with Crippen molar-refractivity contribution in [2.75, 3.05) is 0 Å². The van der Waals surface area contributed by atoms with Crippen LogP contribution >= 0.6 is 0 Å². The van der Waals surface area contributed by atoms with Gasteiger partial charge in [0.2, 0.25) is 0 Å². The van der Waals surface area contributed by atoms with Gasteiger partial charge in [-0.1, -0.05) is 75.2 Å². The lowest BCUT2D eigenvalue weighted by Gasteiger charge is -2.42. The first kappa shape index (κ1) is 22.4. The van der Waals surface area contributed by atoms with Crippen LogP contribution in [-0.2, 0) is 9.59 Å². The Morgan fingerprint density at radius 2 is 1.18 bits per heavy atom. The molecule has 6 rings (SSSR count). The van der Waals surface area contributed by atoms with Crippen molar-refractivity contribution in [2.45, 2.75) is 64.2 Å². The molecule has 4 nitrogen and oxygen atoms in total. The van der Waals surface area contributed by atoms with Crippen molar-refractivity contribution < 1.29 is 19.1 Å². The molecule has 0 aliphatic heterocycles. The van der Waals surface area contributed by atoms with Crippen LogP contribution in [-0.4, -0.2) is 11.9 Å². The van der Waals surface area contributed by atoms with E-state index in [1.807, 2.05) is 13.0 Å². The second-order valence-electron chi connectivity index (χ2n) is 9.20. The Labute approximate surface area is 200 Å². The zero-order chi connectivity index (χ0) is 23.7. The fourth-order valence-electron chi connectivity index (χ4n) is 5.37. The van der Waals surface area contributed by atoms with Crippen LogP contribution in [0.15, 0.2) is 60.7 Å². The largest absolute Gasteiger partial charge is 0.426 e. The molecule has 2 bridgehead atoms. The summed E-state index contributed by atoms with van der Waals surface area (Å²) in [7, 11) is 0. The SMILES string of the molecule is CCCCC(=O)Oc1cc(OC(=O)CCCC)c2c(c1)C1c3ccccc3C2c2ccccc21. The summed E-state index contributed by atoms with van der Waals surface area (Å²) >= 11 is 0. The molecule has 0 fully saturated rings. The lowest BCUT2D eigenvalue weighted by Crippen LogP contribution is -2.28. The summed E-state index contributed by atoms with van der Waals surface area (Å²) < 4.78 is 11.7. The van der Waals surface area contributed by atoms with Crippen LogP contribution < -0.4 is 9.47 Å². The molecule has 0 aromatic heterocycles. The minimum absolute atomic E-state index is 0.00906. The molecule has 3 aromatic carbocycles. The van der Waals surface area contributed by atoms with Gasteiger partial charge < -0.3 is 9.47 Å². The van der Waals surface area contributed by atoms with Crippen molar-refractivity contribution in [3.8, 4) is 11.5 Å². The van der Waals surface area contributed by atoms with Crippen LogP contribution in [0.1, 0.15) is 97.6 Å². The van der Waals surface area contributed by atoms with E-state index in [-0.39, 0.29) is 23.8 Å². The maximum absolute atomic E-state index is 12.7. The lowest BCUT2D eigenvalue weighted by atomic mass is 9.61. The lowest BCUT2D eigenvalue weighted by molar-refractivity contribution is -0.135. The van der Waals surface area contributed by atoms with E-state index in [1.54, 1.807) is 6.07 Å². The number of carbonyl (C=O) groups is 2. The van der Waals surface area contributed by atoms with E-state index in [0.29, 0.717) is 24.3 Å². The molecule has 0 amide bonds. The van der Waals surface area contributed by atoms with E-state index in [9.17, 15) is 9.59 Å². The van der Waals surface area contributed by atoms with Crippen LogP contribution in [0, 0.1) is 0 Å². The second-order valence-corrected chi connectivity index (χ2v) is 9.20. The summed E-state index contributed by atoms with van der Waals surface area (Å²) in [6.45, 7) is 4.10. The van der Waals surface area contributed by atoms with Gasteiger partial charge in [-0.2, -0.15) is 0 Å². The Morgan fingerprint density at radius 1 is 0.676 bits per heavy atom. The number of carbonyl (C=O) groups excluding carboxylic acids is 2. The van der Waals surface area contributed by atoms with Gasteiger partial charge >= 0.3 is 11.9 Å². The van der Waals surface area contributed by atoms with Gasteiger partial charge in [-0.05, 0) is 46.7 Å². The van der Waals surface area contributed by atoms with Gasteiger partial charge in [0.05, 0.1) is 0 Å². The standard InChI is InChI=1S/C30H30O4/c1-3-5-15-26(31)33-19-17-24-28-20-11-7-9-13-22(20)29(23-14-10-8-12-21(23)28)30(24)25(18-19)34-27(32)16-6-4-2/h7-14,17-18,28-29H,3-6,15-16H2,1-2H3. The number of hydrogen-bond acceptors (Lipinski definition) is 4. The zero-order valence-electron chi connectivity index (χ0n) is 19.8. The average Bonchev–Trinajstić information content (AvgIpc) is 2.85. The number of rotatable bonds is 8. The summed E-state index contributed by atoms with van der Waals surface area (Å²) in [5.74, 6) is 0.436. The van der Waals surface area contributed by atoms with Gasteiger partial charge in [-0.15, -0.1) is 0 Å². The second kappa shape index (κ2) is 9.46. The van der Waals surface area contributed by atoms with E-state index >= 15 is 0 Å². The number of hydrogen-bond donors (Lipinski definition) is 0. The normalized spacial score (nSPS) is 16.9. The molecule has 0 heterocycles. The smallest absolute Gasteiger partial charge is 0.311 e. The van der Waals surface area contributed by atoms with Crippen molar-refractivity contribution in [3.05, 3.63) is 94.0 Å². The average molecular weight is 455 g/mol. The predicted octanol–water partition coefficient (Wildman–Crippen LogP) is 6.87. The van der Waals surface area contributed by atoms with Crippen LogP contribution in [0.3, 0.4) is 0 Å². The zero-order valence-corrected chi connectivity index (χ0v) is 19.8. The van der Waals surface area contributed by atoms with Crippen LogP contribution in [0.4, 0.5) is 0 Å². The molecule has 0 unspecified atom stereocenters. The maximum atomic E-state index is 12.7. The van der Waals surface area contributed by atoms with Crippen LogP contribution in [0.5, 0.6) is 11.5 Å². The maximum Gasteiger partial charge on any atom is 0.311 e. The number of esters is 2. The number of benzene rings is 3. The Balaban J connectivity index is 1.64. The minimum atomic E-state index is -0.258. The fourth-order valence-corrected chi connectivity index (χ4v) is 5.37.